The van der Waals surface area contributed by atoms with Gasteiger partial charge in [0, 0.05) is 41.1 Å². The van der Waals surface area contributed by atoms with Crippen molar-refractivity contribution in [1.82, 2.24) is 13.9 Å². The number of hydrogen-bond donors (Lipinski definition) is 2. The molecule has 0 amide bonds. The molecule has 2 N–H and O–H groups in total. The Morgan fingerprint density at radius 1 is 0.974 bits per heavy atom. The highest BCUT2D eigenvalue weighted by Crippen LogP contribution is 2.28. The van der Waals surface area contributed by atoms with E-state index in [2.05, 4.69) is 27.1 Å². The van der Waals surface area contributed by atoms with Crippen LogP contribution in [0.1, 0.15) is 18.4 Å². The number of nitrogens with zero attached hydrogens (tertiary/aromatic N) is 3. The fourth-order valence-corrected chi connectivity index (χ4v) is 5.88. The second-order valence-electron chi connectivity index (χ2n) is 9.18. The summed E-state index contributed by atoms with van der Waals surface area (Å²) in [6, 6.07) is 21.2. The molecule has 0 unspecified atom stereocenters. The molecule has 190 valence electrons. The van der Waals surface area contributed by atoms with E-state index in [1.54, 1.807) is 48.7 Å². The number of aromatic nitrogens is 3. The van der Waals surface area contributed by atoms with Crippen molar-refractivity contribution in [2.45, 2.75) is 23.3 Å². The maximum Gasteiger partial charge on any atom is 0.268 e. The predicted molar refractivity (Wildman–Crippen MR) is 146 cm³/mol. The van der Waals surface area contributed by atoms with E-state index in [0.717, 1.165) is 27.5 Å². The number of hydrogen-bond acceptors (Lipinski definition) is 7. The molecule has 0 aliphatic carbocycles. The van der Waals surface area contributed by atoms with Gasteiger partial charge in [0.1, 0.15) is 17.7 Å². The van der Waals surface area contributed by atoms with Crippen LogP contribution in [0.3, 0.4) is 0 Å². The standard InChI is InChI=1S/C29H24N4O4S/c34-29(13-16-37-17-14-29)12-10-21-6-8-26-25(18-21)28(31-20-30-26)32-23-7-9-27-22(19-23)11-15-33(27)38(35,36)24-4-2-1-3-5-24/h1-9,11,15,18-20,34H,13-14,16-17H2,(H,30,31,32). The molecule has 5 aromatic rings. The largest absolute Gasteiger partial charge is 0.381 e. The number of anilines is 2. The molecule has 0 atom stereocenters. The molecule has 38 heavy (non-hydrogen) atoms. The predicted octanol–water partition coefficient (Wildman–Crippen LogP) is 4.46. The number of benzene rings is 3. The maximum atomic E-state index is 13.1. The van der Waals surface area contributed by atoms with Gasteiger partial charge in [-0.2, -0.15) is 0 Å². The van der Waals surface area contributed by atoms with Crippen LogP contribution in [0.2, 0.25) is 0 Å². The zero-order valence-electron chi connectivity index (χ0n) is 20.3. The second kappa shape index (κ2) is 9.58. The lowest BCUT2D eigenvalue weighted by molar-refractivity contribution is -0.0261. The zero-order valence-corrected chi connectivity index (χ0v) is 21.1. The van der Waals surface area contributed by atoms with Crippen LogP contribution in [0.5, 0.6) is 0 Å². The average Bonchev–Trinajstić information content (AvgIpc) is 3.37. The van der Waals surface area contributed by atoms with Crippen LogP contribution < -0.4 is 5.32 Å². The number of fused-ring (bicyclic) bond motifs is 2. The third kappa shape index (κ3) is 4.61. The molecule has 1 aliphatic heterocycles. The number of nitrogens with one attached hydrogen (secondary N) is 1. The second-order valence-corrected chi connectivity index (χ2v) is 11.0. The lowest BCUT2D eigenvalue weighted by Gasteiger charge is -2.26. The van der Waals surface area contributed by atoms with Crippen LogP contribution in [-0.4, -0.2) is 46.3 Å². The van der Waals surface area contributed by atoms with Crippen LogP contribution >= 0.6 is 0 Å². The molecule has 9 heteroatoms. The summed E-state index contributed by atoms with van der Waals surface area (Å²) in [6.45, 7) is 0.993. The summed E-state index contributed by atoms with van der Waals surface area (Å²) in [6.07, 6.45) is 4.02. The smallest absolute Gasteiger partial charge is 0.268 e. The van der Waals surface area contributed by atoms with Crippen molar-refractivity contribution in [2.75, 3.05) is 18.5 Å². The van der Waals surface area contributed by atoms with Crippen LogP contribution in [-0.2, 0) is 14.8 Å². The summed E-state index contributed by atoms with van der Waals surface area (Å²) in [5.41, 5.74) is 1.78. The minimum Gasteiger partial charge on any atom is -0.381 e. The van der Waals surface area contributed by atoms with E-state index in [9.17, 15) is 13.5 Å². The molecule has 6 rings (SSSR count). The minimum atomic E-state index is -3.71. The van der Waals surface area contributed by atoms with Gasteiger partial charge in [0.25, 0.3) is 10.0 Å². The molecule has 1 aliphatic rings. The maximum absolute atomic E-state index is 13.1. The summed E-state index contributed by atoms with van der Waals surface area (Å²) >= 11 is 0. The minimum absolute atomic E-state index is 0.231. The van der Waals surface area contributed by atoms with E-state index in [1.165, 1.54) is 10.3 Å². The van der Waals surface area contributed by atoms with E-state index in [0.29, 0.717) is 37.4 Å². The Kier molecular flexibility index (Phi) is 6.08. The Hall–Kier alpha value is -4.23. The Morgan fingerprint density at radius 3 is 2.61 bits per heavy atom. The van der Waals surface area contributed by atoms with E-state index >= 15 is 0 Å². The fraction of sp³-hybridized carbons (Fsp3) is 0.172. The average molecular weight is 525 g/mol. The Bertz CT molecular complexity index is 1820. The summed E-state index contributed by atoms with van der Waals surface area (Å²) in [7, 11) is -3.71. The molecule has 0 spiro atoms. The fourth-order valence-electron chi connectivity index (χ4n) is 4.50. The van der Waals surface area contributed by atoms with Crippen molar-refractivity contribution >= 4 is 43.3 Å². The molecule has 1 fully saturated rings. The summed E-state index contributed by atoms with van der Waals surface area (Å²) in [5, 5.41) is 15.6. The highest BCUT2D eigenvalue weighted by molar-refractivity contribution is 7.90. The first kappa shape index (κ1) is 24.1. The quantitative estimate of drug-likeness (QED) is 0.335. The lowest BCUT2D eigenvalue weighted by Crippen LogP contribution is -2.34. The van der Waals surface area contributed by atoms with Gasteiger partial charge in [0.05, 0.1) is 29.1 Å². The molecular weight excluding hydrogens is 500 g/mol. The molecule has 0 saturated carbocycles. The van der Waals surface area contributed by atoms with Gasteiger partial charge in [-0.15, -0.1) is 0 Å². The molecular formula is C29H24N4O4S. The van der Waals surface area contributed by atoms with Gasteiger partial charge in [0.15, 0.2) is 0 Å². The Balaban J connectivity index is 1.31. The summed E-state index contributed by atoms with van der Waals surface area (Å²) in [4.78, 5) is 9.03. The van der Waals surface area contributed by atoms with Crippen LogP contribution in [0.15, 0.2) is 90.2 Å². The monoisotopic (exact) mass is 524 g/mol. The first-order chi connectivity index (χ1) is 18.4. The SMILES string of the molecule is O=S(=O)(c1ccccc1)n1ccc2cc(Nc3ncnc4ccc(C#CC5(O)CCOCC5)cc34)ccc21. The van der Waals surface area contributed by atoms with Crippen LogP contribution in [0.25, 0.3) is 21.8 Å². The molecule has 0 radical (unpaired) electrons. The van der Waals surface area contributed by atoms with Gasteiger partial charge in [-0.1, -0.05) is 30.0 Å². The Morgan fingerprint density at radius 2 is 1.79 bits per heavy atom. The van der Waals surface area contributed by atoms with Crippen molar-refractivity contribution < 1.29 is 18.3 Å². The summed E-state index contributed by atoms with van der Waals surface area (Å²) < 4.78 is 32.9. The van der Waals surface area contributed by atoms with Gasteiger partial charge >= 0.3 is 0 Å². The van der Waals surface area contributed by atoms with Crippen molar-refractivity contribution in [1.29, 1.82) is 0 Å². The highest BCUT2D eigenvalue weighted by Gasteiger charge is 2.27. The van der Waals surface area contributed by atoms with Gasteiger partial charge in [-0.05, 0) is 54.6 Å². The van der Waals surface area contributed by atoms with Crippen molar-refractivity contribution in [3.8, 4) is 11.8 Å². The molecule has 2 aromatic heterocycles. The van der Waals surface area contributed by atoms with Gasteiger partial charge in [-0.3, -0.25) is 0 Å². The van der Waals surface area contributed by atoms with Crippen molar-refractivity contribution in [3.05, 3.63) is 90.9 Å². The lowest BCUT2D eigenvalue weighted by atomic mass is 9.95. The van der Waals surface area contributed by atoms with Crippen molar-refractivity contribution in [3.63, 3.8) is 0 Å². The van der Waals surface area contributed by atoms with E-state index in [4.69, 9.17) is 4.74 Å². The zero-order chi connectivity index (χ0) is 26.2. The molecule has 3 aromatic carbocycles. The molecule has 8 nitrogen and oxygen atoms in total. The third-order valence-electron chi connectivity index (χ3n) is 6.61. The van der Waals surface area contributed by atoms with Crippen molar-refractivity contribution in [2.24, 2.45) is 0 Å². The Labute approximate surface area is 220 Å². The van der Waals surface area contributed by atoms with Gasteiger partial charge in [0.2, 0.25) is 0 Å². The first-order valence-electron chi connectivity index (χ1n) is 12.2. The number of ether oxygens (including phenoxy) is 1. The van der Waals surface area contributed by atoms with Gasteiger partial charge in [-0.25, -0.2) is 22.4 Å². The first-order valence-corrected chi connectivity index (χ1v) is 13.6. The summed E-state index contributed by atoms with van der Waals surface area (Å²) in [5.74, 6) is 6.70. The highest BCUT2D eigenvalue weighted by atomic mass is 32.2. The van der Waals surface area contributed by atoms with Gasteiger partial charge < -0.3 is 15.2 Å². The number of rotatable bonds is 4. The molecule has 3 heterocycles. The van der Waals surface area contributed by atoms with Crippen LogP contribution in [0, 0.1) is 11.8 Å². The van der Waals surface area contributed by atoms with E-state index in [-0.39, 0.29) is 4.90 Å². The number of aliphatic hydroxyl groups is 1. The molecule has 0 bridgehead atoms. The normalized spacial score (nSPS) is 15.2. The van der Waals surface area contributed by atoms with E-state index in [1.807, 2.05) is 30.3 Å². The van der Waals surface area contributed by atoms with E-state index < -0.39 is 15.6 Å². The topological polar surface area (TPSA) is 106 Å². The molecule has 1 saturated heterocycles. The van der Waals surface area contributed by atoms with Crippen LogP contribution in [0.4, 0.5) is 11.5 Å². The third-order valence-corrected chi connectivity index (χ3v) is 8.32.